The van der Waals surface area contributed by atoms with Gasteiger partial charge in [-0.3, -0.25) is 0 Å². The maximum absolute atomic E-state index is 3.63. The molecule has 104 valence electrons. The van der Waals surface area contributed by atoms with Crippen molar-refractivity contribution in [2.45, 2.75) is 51.9 Å². The minimum atomic E-state index is 0.598. The van der Waals surface area contributed by atoms with Gasteiger partial charge in [-0.15, -0.1) is 0 Å². The van der Waals surface area contributed by atoms with Crippen LogP contribution in [-0.4, -0.2) is 13.1 Å². The molecule has 0 bridgehead atoms. The zero-order valence-corrected chi connectivity index (χ0v) is 12.4. The first kappa shape index (κ1) is 13.2. The molecule has 1 nitrogen and oxygen atoms in total. The highest BCUT2D eigenvalue weighted by molar-refractivity contribution is 5.28. The number of piperidine rings is 1. The maximum atomic E-state index is 3.63. The molecule has 1 spiro atoms. The molecule has 19 heavy (non-hydrogen) atoms. The Hall–Kier alpha value is -0.820. The van der Waals surface area contributed by atoms with Gasteiger partial charge in [0.1, 0.15) is 0 Å². The van der Waals surface area contributed by atoms with Crippen LogP contribution in [0.3, 0.4) is 0 Å². The Morgan fingerprint density at radius 3 is 2.68 bits per heavy atom. The Kier molecular flexibility index (Phi) is 3.66. The third kappa shape index (κ3) is 2.45. The molecule has 0 aromatic heterocycles. The van der Waals surface area contributed by atoms with Crippen molar-refractivity contribution >= 4 is 0 Å². The number of hydrogen-bond acceptors (Lipinski definition) is 1. The van der Waals surface area contributed by atoms with Crippen LogP contribution in [-0.2, 0) is 0 Å². The third-order valence-electron chi connectivity index (χ3n) is 5.69. The Morgan fingerprint density at radius 2 is 2.00 bits per heavy atom. The molecule has 1 aliphatic heterocycles. The fraction of sp³-hybridized carbons (Fsp3) is 0.667. The average Bonchev–Trinajstić information content (AvgIpc) is 2.84. The largest absolute Gasteiger partial charge is 0.316 e. The van der Waals surface area contributed by atoms with Crippen molar-refractivity contribution in [3.63, 3.8) is 0 Å². The molecule has 1 N–H and O–H groups in total. The van der Waals surface area contributed by atoms with E-state index in [1.165, 1.54) is 50.8 Å². The molecule has 1 aliphatic carbocycles. The maximum Gasteiger partial charge on any atom is 0.00255 e. The predicted octanol–water partition coefficient (Wildman–Crippen LogP) is 4.27. The summed E-state index contributed by atoms with van der Waals surface area (Å²) >= 11 is 0. The second-order valence-corrected chi connectivity index (χ2v) is 6.80. The number of nitrogens with one attached hydrogen (secondary N) is 1. The average molecular weight is 257 g/mol. The van der Waals surface area contributed by atoms with Crippen LogP contribution in [0.5, 0.6) is 0 Å². The summed E-state index contributed by atoms with van der Waals surface area (Å²) in [4.78, 5) is 0. The Bertz CT molecular complexity index is 422. The van der Waals surface area contributed by atoms with E-state index in [2.05, 4.69) is 43.4 Å². The summed E-state index contributed by atoms with van der Waals surface area (Å²) in [6, 6.07) is 9.30. The smallest absolute Gasteiger partial charge is 0.00255 e. The van der Waals surface area contributed by atoms with Crippen molar-refractivity contribution in [2.75, 3.05) is 13.1 Å². The van der Waals surface area contributed by atoms with Crippen LogP contribution in [0.15, 0.2) is 24.3 Å². The molecular formula is C18H27N. The number of aryl methyl sites for hydroxylation is 1. The highest BCUT2D eigenvalue weighted by atomic mass is 14.9. The van der Waals surface area contributed by atoms with E-state index in [1.54, 1.807) is 5.56 Å². The standard InChI is InChI=1S/C18H27N/c1-3-15-8-9-18(12-15)10-11-19-13-17(18)16-6-4-14(2)5-7-16/h4-7,15,17,19H,3,8-13H2,1-2H3. The molecule has 1 heterocycles. The van der Waals surface area contributed by atoms with E-state index in [9.17, 15) is 0 Å². The van der Waals surface area contributed by atoms with Gasteiger partial charge in [0.2, 0.25) is 0 Å². The molecule has 1 aromatic carbocycles. The van der Waals surface area contributed by atoms with Gasteiger partial charge in [0.05, 0.1) is 0 Å². The highest BCUT2D eigenvalue weighted by Crippen LogP contribution is 2.54. The fourth-order valence-electron chi connectivity index (χ4n) is 4.41. The summed E-state index contributed by atoms with van der Waals surface area (Å²) in [5.41, 5.74) is 3.54. The molecule has 2 aliphatic rings. The minimum Gasteiger partial charge on any atom is -0.316 e. The van der Waals surface area contributed by atoms with Crippen LogP contribution in [0.25, 0.3) is 0 Å². The Labute approximate surface area is 117 Å². The van der Waals surface area contributed by atoms with E-state index in [4.69, 9.17) is 0 Å². The molecule has 3 atom stereocenters. The second-order valence-electron chi connectivity index (χ2n) is 6.80. The van der Waals surface area contributed by atoms with Gasteiger partial charge in [0, 0.05) is 12.5 Å². The molecule has 1 saturated carbocycles. The fourth-order valence-corrected chi connectivity index (χ4v) is 4.41. The molecule has 1 heteroatoms. The SMILES string of the molecule is CCC1CCC2(CCNCC2c2ccc(C)cc2)C1. The summed E-state index contributed by atoms with van der Waals surface area (Å²) in [6.45, 7) is 6.95. The van der Waals surface area contributed by atoms with Gasteiger partial charge in [-0.1, -0.05) is 43.2 Å². The van der Waals surface area contributed by atoms with Crippen molar-refractivity contribution < 1.29 is 0 Å². The Balaban J connectivity index is 1.87. The normalized spacial score (nSPS) is 34.8. The minimum absolute atomic E-state index is 0.598. The first-order valence-corrected chi connectivity index (χ1v) is 8.01. The first-order valence-electron chi connectivity index (χ1n) is 8.01. The summed E-state index contributed by atoms with van der Waals surface area (Å²) < 4.78 is 0. The number of benzene rings is 1. The lowest BCUT2D eigenvalue weighted by Gasteiger charge is -2.43. The Morgan fingerprint density at radius 1 is 1.21 bits per heavy atom. The third-order valence-corrected chi connectivity index (χ3v) is 5.69. The molecule has 3 unspecified atom stereocenters. The zero-order valence-electron chi connectivity index (χ0n) is 12.4. The summed E-state index contributed by atoms with van der Waals surface area (Å²) in [7, 11) is 0. The summed E-state index contributed by atoms with van der Waals surface area (Å²) in [5.74, 6) is 1.71. The summed E-state index contributed by atoms with van der Waals surface area (Å²) in [5, 5.41) is 3.63. The summed E-state index contributed by atoms with van der Waals surface area (Å²) in [6.07, 6.45) is 7.12. The number of rotatable bonds is 2. The number of hydrogen-bond donors (Lipinski definition) is 1. The van der Waals surface area contributed by atoms with Crippen LogP contribution in [0, 0.1) is 18.3 Å². The van der Waals surface area contributed by atoms with Crippen molar-refractivity contribution in [1.29, 1.82) is 0 Å². The van der Waals surface area contributed by atoms with Gasteiger partial charge in [0.25, 0.3) is 0 Å². The van der Waals surface area contributed by atoms with Crippen LogP contribution in [0.2, 0.25) is 0 Å². The lowest BCUT2D eigenvalue weighted by atomic mass is 9.66. The highest BCUT2D eigenvalue weighted by Gasteiger charge is 2.45. The monoisotopic (exact) mass is 257 g/mol. The predicted molar refractivity (Wildman–Crippen MR) is 81.5 cm³/mol. The van der Waals surface area contributed by atoms with Gasteiger partial charge in [0.15, 0.2) is 0 Å². The van der Waals surface area contributed by atoms with Crippen LogP contribution >= 0.6 is 0 Å². The molecule has 0 amide bonds. The van der Waals surface area contributed by atoms with Crippen molar-refractivity contribution in [2.24, 2.45) is 11.3 Å². The topological polar surface area (TPSA) is 12.0 Å². The van der Waals surface area contributed by atoms with E-state index in [0.717, 1.165) is 11.8 Å². The van der Waals surface area contributed by atoms with Crippen LogP contribution < -0.4 is 5.32 Å². The van der Waals surface area contributed by atoms with Crippen molar-refractivity contribution in [3.8, 4) is 0 Å². The molecular weight excluding hydrogens is 230 g/mol. The second kappa shape index (κ2) is 5.28. The lowest BCUT2D eigenvalue weighted by Crippen LogP contribution is -2.42. The van der Waals surface area contributed by atoms with Crippen LogP contribution in [0.4, 0.5) is 0 Å². The molecule has 1 saturated heterocycles. The van der Waals surface area contributed by atoms with Crippen molar-refractivity contribution in [1.82, 2.24) is 5.32 Å². The van der Waals surface area contributed by atoms with E-state index in [0.29, 0.717) is 5.41 Å². The van der Waals surface area contributed by atoms with Gasteiger partial charge in [-0.05, 0) is 56.0 Å². The van der Waals surface area contributed by atoms with E-state index < -0.39 is 0 Å². The van der Waals surface area contributed by atoms with Gasteiger partial charge in [-0.2, -0.15) is 0 Å². The van der Waals surface area contributed by atoms with E-state index in [-0.39, 0.29) is 0 Å². The van der Waals surface area contributed by atoms with Crippen molar-refractivity contribution in [3.05, 3.63) is 35.4 Å². The lowest BCUT2D eigenvalue weighted by molar-refractivity contribution is 0.162. The zero-order chi connectivity index (χ0) is 13.3. The molecule has 2 fully saturated rings. The molecule has 0 radical (unpaired) electrons. The quantitative estimate of drug-likeness (QED) is 0.834. The van der Waals surface area contributed by atoms with E-state index in [1.807, 2.05) is 0 Å². The van der Waals surface area contributed by atoms with Crippen LogP contribution in [0.1, 0.15) is 56.1 Å². The molecule has 3 rings (SSSR count). The van der Waals surface area contributed by atoms with E-state index >= 15 is 0 Å². The first-order chi connectivity index (χ1) is 9.23. The molecule has 1 aromatic rings. The van der Waals surface area contributed by atoms with Gasteiger partial charge < -0.3 is 5.32 Å². The van der Waals surface area contributed by atoms with Gasteiger partial charge >= 0.3 is 0 Å². The van der Waals surface area contributed by atoms with Gasteiger partial charge in [-0.25, -0.2) is 0 Å².